The normalized spacial score (nSPS) is 21.1. The van der Waals surface area contributed by atoms with Crippen molar-refractivity contribution in [1.29, 1.82) is 0 Å². The lowest BCUT2D eigenvalue weighted by atomic mass is 9.99. The van der Waals surface area contributed by atoms with Crippen molar-refractivity contribution in [1.82, 2.24) is 5.32 Å². The summed E-state index contributed by atoms with van der Waals surface area (Å²) in [7, 11) is -5.07. The average molecular weight is 862 g/mol. The number of hydrogen-bond acceptors (Lipinski definition) is 10. The Morgan fingerprint density at radius 2 is 1.12 bits per heavy atom. The van der Waals surface area contributed by atoms with E-state index in [1.807, 2.05) is 0 Å². The maximum atomic E-state index is 13.0. The summed E-state index contributed by atoms with van der Waals surface area (Å²) in [4.78, 5) is 13.0. The molecule has 348 valence electrons. The molecule has 0 aromatic heterocycles. The van der Waals surface area contributed by atoms with Gasteiger partial charge in [0.05, 0.1) is 25.4 Å². The fraction of sp³-hybridized carbons (Fsp3) is 0.891. The Hall–Kier alpha value is -1.42. The third-order valence-electron chi connectivity index (χ3n) is 11.3. The largest absolute Gasteiger partial charge is 0.397 e. The van der Waals surface area contributed by atoms with E-state index in [-0.39, 0.29) is 18.9 Å². The molecule has 1 heterocycles. The van der Waals surface area contributed by atoms with E-state index in [4.69, 9.17) is 9.47 Å². The molecular weight excluding hydrogens is 775 g/mol. The Morgan fingerprint density at radius 3 is 1.61 bits per heavy atom. The Labute approximate surface area is 359 Å². The minimum absolute atomic E-state index is 0.234. The number of unbranched alkanes of at least 4 members (excludes halogenated alkanes) is 25. The second kappa shape index (κ2) is 37.2. The highest BCUT2D eigenvalue weighted by Crippen LogP contribution is 2.26. The maximum Gasteiger partial charge on any atom is 0.397 e. The van der Waals surface area contributed by atoms with Crippen molar-refractivity contribution < 1.29 is 51.8 Å². The lowest BCUT2D eigenvalue weighted by Crippen LogP contribution is -2.61. The number of ether oxygens (including phenoxy) is 2. The Bertz CT molecular complexity index is 1150. The van der Waals surface area contributed by atoms with Crippen LogP contribution in [0.4, 0.5) is 0 Å². The number of rotatable bonds is 40. The van der Waals surface area contributed by atoms with Crippen LogP contribution < -0.4 is 5.32 Å². The van der Waals surface area contributed by atoms with Gasteiger partial charge in [-0.3, -0.25) is 9.35 Å². The van der Waals surface area contributed by atoms with Gasteiger partial charge in [0.2, 0.25) is 5.91 Å². The quantitative estimate of drug-likeness (QED) is 0.0195. The van der Waals surface area contributed by atoms with Crippen LogP contribution in [0.25, 0.3) is 0 Å². The number of amides is 1. The van der Waals surface area contributed by atoms with Gasteiger partial charge in [-0.15, -0.1) is 0 Å². The number of nitrogens with one attached hydrogen (secondary N) is 1. The van der Waals surface area contributed by atoms with E-state index in [0.29, 0.717) is 12.8 Å². The van der Waals surface area contributed by atoms with Gasteiger partial charge in [-0.1, -0.05) is 186 Å². The van der Waals surface area contributed by atoms with Gasteiger partial charge in [-0.2, -0.15) is 8.42 Å². The third-order valence-corrected chi connectivity index (χ3v) is 11.8. The molecule has 0 radical (unpaired) electrons. The molecule has 1 saturated heterocycles. The third kappa shape index (κ3) is 30.3. The SMILES string of the molecule is CCCCC/C=C\C=C/CCCCCCCCCCCCC(=O)NC(COC1OC(CO)C(O)C(OS(=O)(=O)O)C1O)C(O)CCCCCCCCCCCCCCC. The molecule has 1 amide bonds. The summed E-state index contributed by atoms with van der Waals surface area (Å²) in [5, 5.41) is 44.8. The van der Waals surface area contributed by atoms with E-state index in [1.54, 1.807) is 0 Å². The first-order chi connectivity index (χ1) is 28.5. The molecule has 0 spiro atoms. The van der Waals surface area contributed by atoms with Crippen molar-refractivity contribution in [3.63, 3.8) is 0 Å². The monoisotopic (exact) mass is 862 g/mol. The first kappa shape index (κ1) is 55.6. The first-order valence-corrected chi connectivity index (χ1v) is 25.1. The van der Waals surface area contributed by atoms with Gasteiger partial charge in [0.15, 0.2) is 6.29 Å². The molecule has 7 unspecified atom stereocenters. The van der Waals surface area contributed by atoms with Crippen LogP contribution in [0.3, 0.4) is 0 Å². The van der Waals surface area contributed by atoms with Crippen molar-refractivity contribution in [3.8, 4) is 0 Å². The zero-order valence-corrected chi connectivity index (χ0v) is 37.9. The highest BCUT2D eigenvalue weighted by molar-refractivity contribution is 7.80. The molecule has 7 atom stereocenters. The second-order valence-corrected chi connectivity index (χ2v) is 17.8. The van der Waals surface area contributed by atoms with E-state index in [1.165, 1.54) is 122 Å². The zero-order valence-electron chi connectivity index (χ0n) is 37.1. The zero-order chi connectivity index (χ0) is 43.4. The smallest absolute Gasteiger partial charge is 0.394 e. The molecule has 0 aromatic carbocycles. The van der Waals surface area contributed by atoms with Gasteiger partial charge in [-0.25, -0.2) is 4.18 Å². The number of aliphatic hydroxyl groups excluding tert-OH is 4. The fourth-order valence-electron chi connectivity index (χ4n) is 7.57. The molecule has 1 fully saturated rings. The van der Waals surface area contributed by atoms with Gasteiger partial charge in [0, 0.05) is 6.42 Å². The molecule has 0 saturated carbocycles. The van der Waals surface area contributed by atoms with Crippen LogP contribution in [0.1, 0.15) is 206 Å². The van der Waals surface area contributed by atoms with Gasteiger partial charge < -0.3 is 35.2 Å². The van der Waals surface area contributed by atoms with Gasteiger partial charge in [0.25, 0.3) is 0 Å². The summed E-state index contributed by atoms with van der Waals surface area (Å²) >= 11 is 0. The summed E-state index contributed by atoms with van der Waals surface area (Å²) in [6.45, 7) is 3.41. The van der Waals surface area contributed by atoms with Crippen LogP contribution in [0.2, 0.25) is 0 Å². The molecule has 59 heavy (non-hydrogen) atoms. The van der Waals surface area contributed by atoms with Gasteiger partial charge in [-0.05, 0) is 38.5 Å². The van der Waals surface area contributed by atoms with E-state index in [0.717, 1.165) is 51.4 Å². The fourth-order valence-corrected chi connectivity index (χ4v) is 8.08. The lowest BCUT2D eigenvalue weighted by Gasteiger charge is -2.41. The minimum atomic E-state index is -5.07. The predicted molar refractivity (Wildman–Crippen MR) is 236 cm³/mol. The van der Waals surface area contributed by atoms with E-state index in [9.17, 15) is 38.2 Å². The van der Waals surface area contributed by atoms with Crippen molar-refractivity contribution in [2.24, 2.45) is 0 Å². The van der Waals surface area contributed by atoms with Crippen molar-refractivity contribution in [2.75, 3.05) is 13.2 Å². The number of aliphatic hydroxyl groups is 4. The summed E-state index contributed by atoms with van der Waals surface area (Å²) in [6, 6.07) is -0.857. The summed E-state index contributed by atoms with van der Waals surface area (Å²) in [5.41, 5.74) is 0. The van der Waals surface area contributed by atoms with E-state index in [2.05, 4.69) is 47.7 Å². The van der Waals surface area contributed by atoms with Crippen LogP contribution in [0.15, 0.2) is 24.3 Å². The van der Waals surface area contributed by atoms with Crippen LogP contribution in [-0.4, -0.2) is 95.4 Å². The molecule has 1 rings (SSSR count). The molecule has 13 heteroatoms. The highest BCUT2D eigenvalue weighted by Gasteiger charge is 2.48. The first-order valence-electron chi connectivity index (χ1n) is 23.7. The van der Waals surface area contributed by atoms with E-state index >= 15 is 0 Å². The highest BCUT2D eigenvalue weighted by atomic mass is 32.3. The maximum absolute atomic E-state index is 13.0. The predicted octanol–water partition coefficient (Wildman–Crippen LogP) is 9.33. The summed E-state index contributed by atoms with van der Waals surface area (Å²) < 4.78 is 47.6. The molecule has 0 aliphatic carbocycles. The van der Waals surface area contributed by atoms with Crippen molar-refractivity contribution >= 4 is 16.3 Å². The van der Waals surface area contributed by atoms with Crippen LogP contribution in [0.5, 0.6) is 0 Å². The minimum Gasteiger partial charge on any atom is -0.394 e. The number of carbonyl (C=O) groups excluding carboxylic acids is 1. The molecule has 0 aromatic rings. The topological polar surface area (TPSA) is 192 Å². The van der Waals surface area contributed by atoms with Gasteiger partial charge in [0.1, 0.15) is 24.4 Å². The van der Waals surface area contributed by atoms with Gasteiger partial charge >= 0.3 is 10.4 Å². The number of hydrogen-bond donors (Lipinski definition) is 6. The van der Waals surface area contributed by atoms with Crippen LogP contribution in [0, 0.1) is 0 Å². The van der Waals surface area contributed by atoms with Crippen LogP contribution >= 0.6 is 0 Å². The van der Waals surface area contributed by atoms with Crippen molar-refractivity contribution in [3.05, 3.63) is 24.3 Å². The standard InChI is InChI=1S/C46H87NO11S/c1-3-5-7-9-11-13-15-17-18-19-20-21-22-24-26-28-30-32-34-36-42(50)47-39(40(49)35-33-31-29-27-25-23-16-14-12-10-8-6-4-2)38-56-46-44(52)45(58-59(53,54)55)43(51)41(37-48)57-46/h11,13,15,17,39-41,43-46,48-49,51-52H,3-10,12,14,16,18-38H2,1-2H3,(H,47,50)(H,53,54,55)/b13-11-,17-15-. The molecule has 6 N–H and O–H groups in total. The second-order valence-electron chi connectivity index (χ2n) is 16.7. The summed E-state index contributed by atoms with van der Waals surface area (Å²) in [5.74, 6) is -0.234. The average Bonchev–Trinajstić information content (AvgIpc) is 3.20. The molecular formula is C46H87NO11S. The Morgan fingerprint density at radius 1 is 0.678 bits per heavy atom. The molecule has 1 aliphatic heterocycles. The molecule has 12 nitrogen and oxygen atoms in total. The Kier molecular flexibility index (Phi) is 35.0. The lowest BCUT2D eigenvalue weighted by molar-refractivity contribution is -0.298. The number of carbonyl (C=O) groups is 1. The molecule has 0 bridgehead atoms. The van der Waals surface area contributed by atoms with Crippen LogP contribution in [-0.2, 0) is 28.9 Å². The Balaban J connectivity index is 2.46. The number of allylic oxidation sites excluding steroid dienone is 4. The van der Waals surface area contributed by atoms with Crippen molar-refractivity contribution in [2.45, 2.75) is 249 Å². The molecule has 1 aliphatic rings. The van der Waals surface area contributed by atoms with E-state index < -0.39 is 59.9 Å². The summed E-state index contributed by atoms with van der Waals surface area (Å²) in [6.07, 6.45) is 33.1.